The van der Waals surface area contributed by atoms with E-state index < -0.39 is 25.1 Å². The van der Waals surface area contributed by atoms with Crippen LogP contribution in [0.2, 0.25) is 0 Å². The number of nitrogens with one attached hydrogen (secondary N) is 1. The Morgan fingerprint density at radius 2 is 1.06 bits per heavy atom. The number of carbonyl (C=O) groups is 5. The third-order valence-electron chi connectivity index (χ3n) is 16.8. The Balaban J connectivity index is 0.000000172. The summed E-state index contributed by atoms with van der Waals surface area (Å²) in [6, 6.07) is 30.8. The van der Waals surface area contributed by atoms with Crippen molar-refractivity contribution in [2.45, 2.75) is 148 Å². The standard InChI is InChI=1S/C21H22FN3O.C15H16N2O3.C15H18N2O2.C8H7NO4.C8H15NO.C6H6FN.CH3F/c22-17-8-10-18(11-9-17)23-21(26)15-6-7-16-14-25-12-4-2-1-3-5-20(25)24-19(16)13-15;18-14-11-7-6-10(15(19)20)9-12(11)16-13-5-3-1-2-4-8-17(13)14;18-15(19)11-6-7-12-10-17-8-4-2-1-3-5-14(17)16-13(12)9-11;9-6-3-5(8(11)12)1-2-7(6)13-4-10;1-10-8-6-4-2-3-5-7-9-8;7-5-1-3-6(8)4-2-5;1-2/h6-11,13H,1-5,12,14H2,(H,23,26);6-7,9H,1-5,8H2,(H,19,20);6-7,9H,1-5,8,10H2,(H,18,19);1-4H,9H2,(H,11,12);2-7H2,1H3;1-4H,8H2;1H3/i;;;;;;1D. The lowest BCUT2D eigenvalue weighted by atomic mass is 10.0. The van der Waals surface area contributed by atoms with Crippen molar-refractivity contribution in [3.63, 3.8) is 0 Å². The van der Waals surface area contributed by atoms with Crippen LogP contribution in [0.4, 0.5) is 41.6 Å². The van der Waals surface area contributed by atoms with E-state index >= 15 is 0 Å². The number of aromatic nitrogens is 2. The Morgan fingerprint density at radius 3 is 1.61 bits per heavy atom. The molecule has 0 bridgehead atoms. The molecule has 8 N–H and O–H groups in total. The van der Waals surface area contributed by atoms with Crippen molar-refractivity contribution < 1.29 is 63.3 Å². The molecule has 520 valence electrons. The molecule has 6 aliphatic heterocycles. The molecule has 24 heteroatoms. The fourth-order valence-electron chi connectivity index (χ4n) is 11.6. The Kier molecular flexibility index (Phi) is 29.2. The number of rotatable bonds is 7. The minimum Gasteiger partial charge on any atom is -0.484 e. The highest BCUT2D eigenvalue weighted by Gasteiger charge is 2.24. The van der Waals surface area contributed by atoms with Gasteiger partial charge in [0.25, 0.3) is 17.9 Å². The van der Waals surface area contributed by atoms with Crippen LogP contribution < -0.4 is 27.1 Å². The second kappa shape index (κ2) is 39.0. The molecule has 0 atom stereocenters. The summed E-state index contributed by atoms with van der Waals surface area (Å²) in [6.45, 7) is 5.76. The topological polar surface area (TPSA) is 307 Å². The Labute approximate surface area is 569 Å². The van der Waals surface area contributed by atoms with E-state index in [4.69, 9.17) is 42.9 Å². The number of amidine groups is 2. The summed E-state index contributed by atoms with van der Waals surface area (Å²) in [5, 5.41) is 29.9. The third kappa shape index (κ3) is 22.9. The van der Waals surface area contributed by atoms with Crippen molar-refractivity contribution in [3.8, 4) is 5.75 Å². The zero-order valence-corrected chi connectivity index (χ0v) is 55.2. The van der Waals surface area contributed by atoms with Crippen molar-refractivity contribution in [3.05, 3.63) is 183 Å². The maximum atomic E-state index is 13.0. The van der Waals surface area contributed by atoms with Crippen LogP contribution in [0, 0.1) is 11.6 Å². The maximum absolute atomic E-state index is 13.0. The molecule has 98 heavy (non-hydrogen) atoms. The van der Waals surface area contributed by atoms with E-state index in [1.165, 1.54) is 144 Å². The molecule has 1 aromatic heterocycles. The number of nitrogens with two attached hydrogens (primary N) is 2. The summed E-state index contributed by atoms with van der Waals surface area (Å²) >= 11 is 0. The molecule has 0 saturated carbocycles. The number of amides is 1. The fraction of sp³-hybridized carbons (Fsp3) is 0.378. The summed E-state index contributed by atoms with van der Waals surface area (Å²) in [6.07, 6.45) is 23.2. The van der Waals surface area contributed by atoms with Gasteiger partial charge in [-0.15, -0.1) is 0 Å². The molecule has 7 aromatic rings. The molecule has 0 spiro atoms. The third-order valence-corrected chi connectivity index (χ3v) is 16.8. The Morgan fingerprint density at radius 1 is 0.582 bits per heavy atom. The minimum atomic E-state index is -1.08. The molecule has 0 radical (unpaired) electrons. The van der Waals surface area contributed by atoms with Gasteiger partial charge in [0.15, 0.2) is 11.6 Å². The van der Waals surface area contributed by atoms with E-state index in [1.807, 2.05) is 24.3 Å². The summed E-state index contributed by atoms with van der Waals surface area (Å²) in [5.41, 5.74) is 17.5. The number of hydrogen-bond donors (Lipinski definition) is 6. The number of nitrogens with zero attached hydrogens (tertiary/aromatic N) is 7. The van der Waals surface area contributed by atoms with Crippen molar-refractivity contribution in [1.29, 1.82) is 0 Å². The van der Waals surface area contributed by atoms with Gasteiger partial charge in [-0.25, -0.2) is 38.1 Å². The SMILES string of the molecule is COC1=NCCCCCC1.Nc1cc(C(=O)O)ccc1OC=O.Nc1ccc(F)cc1.O=C(Nc1ccc(F)cc1)c1ccc2c(c1)N=C1CCCCCCN1C2.O=C(O)c1ccc2c(=O)n3c(nc2c1)CCCCCC3.O=C(O)c1ccc2c(c1)N=C1CCCCCCN1C2.[2H]CF. The summed E-state index contributed by atoms with van der Waals surface area (Å²) in [4.78, 5) is 90.5. The van der Waals surface area contributed by atoms with Crippen LogP contribution in [-0.2, 0) is 35.6 Å². The van der Waals surface area contributed by atoms with Gasteiger partial charge in [0.05, 0.1) is 60.3 Å². The van der Waals surface area contributed by atoms with Crippen LogP contribution >= 0.6 is 0 Å². The van der Waals surface area contributed by atoms with Crippen molar-refractivity contribution in [1.82, 2.24) is 19.4 Å². The van der Waals surface area contributed by atoms with Gasteiger partial charge in [0.2, 0.25) is 0 Å². The average molecular weight is 1350 g/mol. The molecule has 0 aliphatic carbocycles. The molecule has 13 rings (SSSR count). The van der Waals surface area contributed by atoms with E-state index in [9.17, 15) is 41.9 Å². The van der Waals surface area contributed by atoms with Crippen LogP contribution in [0.15, 0.2) is 141 Å². The molecule has 6 aromatic carbocycles. The van der Waals surface area contributed by atoms with Crippen LogP contribution in [0.1, 0.15) is 182 Å². The molecule has 6 aliphatic rings. The molecule has 0 unspecified atom stereocenters. The number of alkyl halides is 1. The quantitative estimate of drug-likeness (QED) is 0.0638. The van der Waals surface area contributed by atoms with Gasteiger partial charge in [0, 0.05) is 81.9 Å². The van der Waals surface area contributed by atoms with Crippen LogP contribution in [0.5, 0.6) is 5.75 Å². The second-order valence-electron chi connectivity index (χ2n) is 23.8. The lowest BCUT2D eigenvalue weighted by molar-refractivity contribution is -0.120. The maximum Gasteiger partial charge on any atom is 0.335 e. The number of carboxylic acids is 3. The van der Waals surface area contributed by atoms with E-state index in [1.54, 1.807) is 42.0 Å². The molecule has 7 heterocycles. The number of benzene rings is 6. The predicted molar refractivity (Wildman–Crippen MR) is 375 cm³/mol. The van der Waals surface area contributed by atoms with E-state index in [0.717, 1.165) is 130 Å². The Hall–Kier alpha value is -10.4. The highest BCUT2D eigenvalue weighted by atomic mass is 19.1. The number of ether oxygens (including phenoxy) is 2. The first-order valence-corrected chi connectivity index (χ1v) is 33.0. The van der Waals surface area contributed by atoms with Gasteiger partial charge in [-0.05, 0) is 172 Å². The fourth-order valence-corrected chi connectivity index (χ4v) is 11.6. The van der Waals surface area contributed by atoms with Gasteiger partial charge in [0.1, 0.15) is 29.1 Å². The number of nitrogen functional groups attached to an aromatic ring is 2. The van der Waals surface area contributed by atoms with Crippen LogP contribution in [0.25, 0.3) is 10.9 Å². The van der Waals surface area contributed by atoms with Crippen LogP contribution in [0.3, 0.4) is 0 Å². The number of carbonyl (C=O) groups excluding carboxylic acids is 2. The van der Waals surface area contributed by atoms with Gasteiger partial charge in [-0.3, -0.25) is 28.3 Å². The summed E-state index contributed by atoms with van der Waals surface area (Å²) < 4.78 is 51.8. The van der Waals surface area contributed by atoms with Gasteiger partial charge in [-0.2, -0.15) is 0 Å². The number of aromatic carboxylic acids is 3. The minimum absolute atomic E-state index is 0.0516. The highest BCUT2D eigenvalue weighted by molar-refractivity contribution is 6.05. The Bertz CT molecular complexity index is 4000. The zero-order valence-electron chi connectivity index (χ0n) is 56.2. The van der Waals surface area contributed by atoms with Crippen molar-refractivity contribution >= 4 is 87.2 Å². The molecule has 2 saturated heterocycles. The highest BCUT2D eigenvalue weighted by Crippen LogP contribution is 2.32. The van der Waals surface area contributed by atoms with Crippen molar-refractivity contribution in [2.24, 2.45) is 15.0 Å². The normalized spacial score (nSPS) is 15.5. The zero-order chi connectivity index (χ0) is 71.1. The van der Waals surface area contributed by atoms with E-state index in [-0.39, 0.29) is 52.1 Å². The number of hydrogen-bond acceptors (Lipinski definition) is 16. The molecular weight excluding hydrogens is 1260 g/mol. The molecule has 21 nitrogen and oxygen atoms in total. The smallest absolute Gasteiger partial charge is 0.335 e. The predicted octanol–water partition coefficient (Wildman–Crippen LogP) is 14.8. The van der Waals surface area contributed by atoms with E-state index in [0.29, 0.717) is 39.9 Å². The molecular formula is C74H87F3N10O11. The van der Waals surface area contributed by atoms with Crippen LogP contribution in [-0.4, -0.2) is 116 Å². The number of aryl methyl sites for hydroxylation is 1. The molecule has 1 amide bonds. The number of fused-ring (bicyclic) bond motifs is 6. The number of anilines is 3. The van der Waals surface area contributed by atoms with E-state index in [2.05, 4.69) is 29.8 Å². The second-order valence-corrected chi connectivity index (χ2v) is 23.8. The molecule has 2 fully saturated rings. The first-order chi connectivity index (χ1) is 47.9. The number of aliphatic imine (C=N–C) groups is 3. The lowest BCUT2D eigenvalue weighted by Crippen LogP contribution is -2.34. The number of methoxy groups -OCH3 is 1. The lowest BCUT2D eigenvalue weighted by Gasteiger charge is -2.32. The first kappa shape index (κ1) is 73.4. The number of halogens is 3. The average Bonchev–Trinajstić information content (AvgIpc) is 0.823. The summed E-state index contributed by atoms with van der Waals surface area (Å²) in [7, 11) is 0.709. The van der Waals surface area contributed by atoms with Gasteiger partial charge >= 0.3 is 17.9 Å². The summed E-state index contributed by atoms with van der Waals surface area (Å²) in [5.74, 6) is 0.413. The van der Waals surface area contributed by atoms with Gasteiger partial charge in [-0.1, -0.05) is 63.5 Å². The van der Waals surface area contributed by atoms with Crippen molar-refractivity contribution in [2.75, 3.05) is 50.7 Å². The monoisotopic (exact) mass is 1350 g/mol. The first-order valence-electron chi connectivity index (χ1n) is 33.7. The van der Waals surface area contributed by atoms with Gasteiger partial charge < -0.3 is 51.4 Å². The number of carboxylic acid groups (broad SMARTS) is 3. The largest absolute Gasteiger partial charge is 0.484 e.